The summed E-state index contributed by atoms with van der Waals surface area (Å²) in [4.78, 5) is 24.4. The van der Waals surface area contributed by atoms with Crippen LogP contribution in [0, 0.1) is 11.8 Å². The summed E-state index contributed by atoms with van der Waals surface area (Å²) in [7, 11) is -3.56. The van der Waals surface area contributed by atoms with E-state index in [-0.39, 0.29) is 29.7 Å². The maximum atomic E-state index is 12.9. The normalized spacial score (nSPS) is 19.3. The van der Waals surface area contributed by atoms with Gasteiger partial charge in [-0.3, -0.25) is 9.59 Å². The van der Waals surface area contributed by atoms with E-state index < -0.39 is 10.0 Å². The maximum absolute atomic E-state index is 12.9. The van der Waals surface area contributed by atoms with E-state index in [4.69, 9.17) is 11.6 Å². The van der Waals surface area contributed by atoms with Gasteiger partial charge >= 0.3 is 0 Å². The van der Waals surface area contributed by atoms with Gasteiger partial charge in [-0.15, -0.1) is 0 Å². The number of nitrogens with zero attached hydrogens (tertiary/aromatic N) is 1. The highest BCUT2D eigenvalue weighted by molar-refractivity contribution is 7.89. The number of sulfonamides is 1. The summed E-state index contributed by atoms with van der Waals surface area (Å²) in [5.74, 6) is 0.0839. The minimum atomic E-state index is -3.56. The second-order valence-electron chi connectivity index (χ2n) is 8.35. The summed E-state index contributed by atoms with van der Waals surface area (Å²) in [5.41, 5.74) is 0.961. The van der Waals surface area contributed by atoms with E-state index in [0.717, 1.165) is 6.42 Å². The number of hydrogen-bond acceptors (Lipinski definition) is 4. The quantitative estimate of drug-likeness (QED) is 0.634. The highest BCUT2D eigenvalue weighted by atomic mass is 35.5. The van der Waals surface area contributed by atoms with Crippen LogP contribution in [-0.4, -0.2) is 44.2 Å². The van der Waals surface area contributed by atoms with Crippen LogP contribution in [-0.2, 0) is 14.8 Å². The molecular formula is C23H28ClN3O4S. The number of nitrogens with one attached hydrogen (secondary N) is 2. The third kappa shape index (κ3) is 6.31. The fourth-order valence-corrected chi connectivity index (χ4v) is 5.68. The first-order valence-corrected chi connectivity index (χ1v) is 12.4. The molecule has 1 aliphatic rings. The topological polar surface area (TPSA) is 95.6 Å². The van der Waals surface area contributed by atoms with Gasteiger partial charge in [0.1, 0.15) is 0 Å². The maximum Gasteiger partial charge on any atom is 0.251 e. The predicted molar refractivity (Wildman–Crippen MR) is 125 cm³/mol. The van der Waals surface area contributed by atoms with E-state index in [9.17, 15) is 18.0 Å². The summed E-state index contributed by atoms with van der Waals surface area (Å²) in [6.07, 6.45) is 1.11. The number of piperidine rings is 1. The van der Waals surface area contributed by atoms with Gasteiger partial charge < -0.3 is 10.6 Å². The summed E-state index contributed by atoms with van der Waals surface area (Å²) in [6.45, 7) is 5.34. The van der Waals surface area contributed by atoms with Crippen molar-refractivity contribution >= 4 is 39.1 Å². The van der Waals surface area contributed by atoms with E-state index in [0.29, 0.717) is 41.2 Å². The van der Waals surface area contributed by atoms with Crippen LogP contribution in [0.1, 0.15) is 37.0 Å². The van der Waals surface area contributed by atoms with Crippen molar-refractivity contribution < 1.29 is 18.0 Å². The number of carbonyl (C=O) groups excluding carboxylic acids is 2. The molecule has 2 aromatic rings. The zero-order valence-electron chi connectivity index (χ0n) is 18.2. The molecule has 2 amide bonds. The molecule has 0 saturated carbocycles. The van der Waals surface area contributed by atoms with Gasteiger partial charge in [0.15, 0.2) is 0 Å². The first-order chi connectivity index (χ1) is 15.1. The molecule has 2 N–H and O–H groups in total. The third-order valence-electron chi connectivity index (χ3n) is 5.36. The van der Waals surface area contributed by atoms with E-state index in [1.807, 2.05) is 0 Å². The molecule has 32 heavy (non-hydrogen) atoms. The van der Waals surface area contributed by atoms with Gasteiger partial charge in [-0.1, -0.05) is 25.4 Å². The van der Waals surface area contributed by atoms with Crippen LogP contribution < -0.4 is 10.6 Å². The van der Waals surface area contributed by atoms with Gasteiger partial charge in [-0.2, -0.15) is 4.31 Å². The molecule has 1 aliphatic heterocycles. The fourth-order valence-electron chi connectivity index (χ4n) is 3.88. The van der Waals surface area contributed by atoms with Crippen LogP contribution in [0.2, 0.25) is 5.02 Å². The van der Waals surface area contributed by atoms with Gasteiger partial charge in [-0.05, 0) is 66.8 Å². The second-order valence-corrected chi connectivity index (χ2v) is 10.7. The van der Waals surface area contributed by atoms with Crippen molar-refractivity contribution in [3.05, 3.63) is 59.1 Å². The van der Waals surface area contributed by atoms with Gasteiger partial charge in [0.05, 0.1) is 4.90 Å². The molecule has 2 atom stereocenters. The van der Waals surface area contributed by atoms with E-state index in [1.54, 1.807) is 40.7 Å². The van der Waals surface area contributed by atoms with Crippen molar-refractivity contribution in [1.29, 1.82) is 0 Å². The van der Waals surface area contributed by atoms with Crippen LogP contribution in [0.25, 0.3) is 0 Å². The molecule has 9 heteroatoms. The Morgan fingerprint density at radius 3 is 2.19 bits per heavy atom. The lowest BCUT2D eigenvalue weighted by atomic mass is 9.94. The third-order valence-corrected chi connectivity index (χ3v) is 7.45. The van der Waals surface area contributed by atoms with Gasteiger partial charge in [-0.25, -0.2) is 8.42 Å². The van der Waals surface area contributed by atoms with Gasteiger partial charge in [0.2, 0.25) is 15.9 Å². The predicted octanol–water partition coefficient (Wildman–Crippen LogP) is 3.77. The molecule has 0 aliphatic carbocycles. The van der Waals surface area contributed by atoms with Crippen molar-refractivity contribution in [2.75, 3.05) is 25.0 Å². The Hall–Kier alpha value is -2.42. The first kappa shape index (κ1) is 24.2. The smallest absolute Gasteiger partial charge is 0.251 e. The standard InChI is InChI=1S/C23H28ClN3O4S/c1-16-13-17(2)15-27(14-16)32(30,31)21-9-7-20(8-10-21)26-22(28)11-12-25-23(29)18-3-5-19(24)6-4-18/h3-10,16-17H,11-15H2,1-2H3,(H,25,29)(H,26,28)/t16-,17-/m0/s1. The Kier molecular flexibility index (Phi) is 7.92. The Labute approximate surface area is 194 Å². The second kappa shape index (κ2) is 10.5. The number of hydrogen-bond donors (Lipinski definition) is 2. The van der Waals surface area contributed by atoms with Gasteiger partial charge in [0.25, 0.3) is 5.91 Å². The summed E-state index contributed by atoms with van der Waals surface area (Å²) >= 11 is 5.80. The minimum absolute atomic E-state index is 0.0862. The lowest BCUT2D eigenvalue weighted by Crippen LogP contribution is -2.42. The van der Waals surface area contributed by atoms with E-state index in [2.05, 4.69) is 24.5 Å². The van der Waals surface area contributed by atoms with Crippen LogP contribution in [0.15, 0.2) is 53.4 Å². The van der Waals surface area contributed by atoms with Crippen molar-refractivity contribution in [3.8, 4) is 0 Å². The van der Waals surface area contributed by atoms with Crippen LogP contribution >= 0.6 is 11.6 Å². The Morgan fingerprint density at radius 2 is 1.59 bits per heavy atom. The molecule has 0 radical (unpaired) electrons. The Balaban J connectivity index is 1.51. The van der Waals surface area contributed by atoms with Gasteiger partial charge in [0, 0.05) is 42.3 Å². The lowest BCUT2D eigenvalue weighted by molar-refractivity contribution is -0.116. The van der Waals surface area contributed by atoms with Crippen molar-refractivity contribution in [1.82, 2.24) is 9.62 Å². The molecule has 1 heterocycles. The average Bonchev–Trinajstić information content (AvgIpc) is 2.74. The van der Waals surface area contributed by atoms with Crippen LogP contribution in [0.4, 0.5) is 5.69 Å². The average molecular weight is 478 g/mol. The molecule has 0 unspecified atom stereocenters. The summed E-state index contributed by atoms with van der Waals surface area (Å²) in [5, 5.41) is 5.94. The minimum Gasteiger partial charge on any atom is -0.352 e. The van der Waals surface area contributed by atoms with Crippen molar-refractivity contribution in [2.45, 2.75) is 31.6 Å². The summed E-state index contributed by atoms with van der Waals surface area (Å²) in [6, 6.07) is 12.6. The van der Waals surface area contributed by atoms with Crippen molar-refractivity contribution in [3.63, 3.8) is 0 Å². The van der Waals surface area contributed by atoms with Crippen molar-refractivity contribution in [2.24, 2.45) is 11.8 Å². The first-order valence-electron chi connectivity index (χ1n) is 10.6. The Bertz CT molecular complexity index is 1050. The lowest BCUT2D eigenvalue weighted by Gasteiger charge is -2.34. The molecule has 1 fully saturated rings. The number of anilines is 1. The molecule has 172 valence electrons. The zero-order chi connectivity index (χ0) is 23.3. The molecule has 0 spiro atoms. The molecule has 3 rings (SSSR count). The largest absolute Gasteiger partial charge is 0.352 e. The number of amides is 2. The molecule has 7 nitrogen and oxygen atoms in total. The summed E-state index contributed by atoms with van der Waals surface area (Å²) < 4.78 is 27.4. The number of halogens is 1. The van der Waals surface area contributed by atoms with Crippen LogP contribution in [0.5, 0.6) is 0 Å². The fraction of sp³-hybridized carbons (Fsp3) is 0.391. The molecule has 1 saturated heterocycles. The number of carbonyl (C=O) groups is 2. The highest BCUT2D eigenvalue weighted by Gasteiger charge is 2.31. The molecule has 0 aromatic heterocycles. The SMILES string of the molecule is C[C@H]1C[C@H](C)CN(S(=O)(=O)c2ccc(NC(=O)CCNC(=O)c3ccc(Cl)cc3)cc2)C1. The van der Waals surface area contributed by atoms with Crippen LogP contribution in [0.3, 0.4) is 0 Å². The van der Waals surface area contributed by atoms with E-state index in [1.165, 1.54) is 12.1 Å². The number of rotatable bonds is 7. The monoisotopic (exact) mass is 477 g/mol. The zero-order valence-corrected chi connectivity index (χ0v) is 19.7. The number of benzene rings is 2. The van der Waals surface area contributed by atoms with E-state index >= 15 is 0 Å². The molecular weight excluding hydrogens is 450 g/mol. The molecule has 2 aromatic carbocycles. The Morgan fingerprint density at radius 1 is 1.00 bits per heavy atom. The molecule has 0 bridgehead atoms. The highest BCUT2D eigenvalue weighted by Crippen LogP contribution is 2.27.